The molecule has 0 radical (unpaired) electrons. The van der Waals surface area contributed by atoms with Gasteiger partial charge in [-0.25, -0.2) is 14.4 Å². The van der Waals surface area contributed by atoms with Crippen LogP contribution in [0.3, 0.4) is 0 Å². The van der Waals surface area contributed by atoms with Crippen LogP contribution in [-0.4, -0.2) is 37.3 Å². The topological polar surface area (TPSA) is 90.9 Å². The van der Waals surface area contributed by atoms with Crippen LogP contribution < -0.4 is 5.32 Å². The number of rotatable bonds is 10. The molecule has 220 valence electrons. The van der Waals surface area contributed by atoms with Gasteiger partial charge in [-0.15, -0.1) is 0 Å². The van der Waals surface area contributed by atoms with E-state index in [2.05, 4.69) is 11.9 Å². The van der Waals surface area contributed by atoms with Gasteiger partial charge in [-0.2, -0.15) is 0 Å². The Hall–Kier alpha value is -5.69. The number of carbonyl (C=O) groups is 3. The fourth-order valence-electron chi connectivity index (χ4n) is 4.76. The number of nitrogens with one attached hydrogen (secondary N) is 1. The van der Waals surface area contributed by atoms with Gasteiger partial charge in [0.25, 0.3) is 0 Å². The zero-order valence-corrected chi connectivity index (χ0v) is 24.2. The molecule has 0 aliphatic heterocycles. The lowest BCUT2D eigenvalue weighted by Crippen LogP contribution is -2.32. The molecule has 0 saturated carbocycles. The maximum Gasteiger partial charge on any atom is 0.412 e. The summed E-state index contributed by atoms with van der Waals surface area (Å²) in [5, 5.41) is 4.90. The molecule has 0 spiro atoms. The molecule has 0 fully saturated rings. The number of hydrogen-bond acceptors (Lipinski definition) is 6. The van der Waals surface area contributed by atoms with E-state index in [9.17, 15) is 14.4 Å². The molecule has 5 rings (SSSR count). The average Bonchev–Trinajstić information content (AvgIpc) is 3.06. The number of hydrogen-bond donors (Lipinski definition) is 1. The number of benzene rings is 5. The van der Waals surface area contributed by atoms with Crippen LogP contribution in [0.5, 0.6) is 0 Å². The minimum atomic E-state index is -1.09. The first-order valence-corrected chi connectivity index (χ1v) is 14.1. The van der Waals surface area contributed by atoms with E-state index < -0.39 is 24.1 Å². The van der Waals surface area contributed by atoms with Crippen LogP contribution in [0.15, 0.2) is 133 Å². The van der Waals surface area contributed by atoms with Gasteiger partial charge in [-0.1, -0.05) is 116 Å². The van der Waals surface area contributed by atoms with E-state index in [1.807, 2.05) is 103 Å². The summed E-state index contributed by atoms with van der Waals surface area (Å²) in [6.07, 6.45) is -1.88. The molecule has 0 bridgehead atoms. The summed E-state index contributed by atoms with van der Waals surface area (Å²) in [7, 11) is 0. The number of carbonyl (C=O) groups excluding carboxylic acids is 3. The monoisotopic (exact) mass is 585 g/mol. The smallest absolute Gasteiger partial charge is 0.412 e. The summed E-state index contributed by atoms with van der Waals surface area (Å²) in [4.78, 5) is 38.5. The Morgan fingerprint density at radius 3 is 2.09 bits per heavy atom. The standard InChI is InChI=1S/C37H31NO6/c1-25(2)35(39)42-23-28(24-43-36(40)33-20-9-8-18-30(33)26-13-4-3-5-14-26)44-37(41)38-34-22-11-10-19-32(34)31-21-12-16-27-15-6-7-17-29(27)31/h3-22,28H,1,23-24H2,2H3,(H,38,41). The van der Waals surface area contributed by atoms with Crippen molar-refractivity contribution in [2.24, 2.45) is 0 Å². The summed E-state index contributed by atoms with van der Waals surface area (Å²) >= 11 is 0. The van der Waals surface area contributed by atoms with Crippen molar-refractivity contribution < 1.29 is 28.6 Å². The lowest BCUT2D eigenvalue weighted by Gasteiger charge is -2.20. The van der Waals surface area contributed by atoms with Gasteiger partial charge in [0.2, 0.25) is 0 Å². The summed E-state index contributed by atoms with van der Waals surface area (Å²) in [5.74, 6) is -1.26. The molecule has 0 heterocycles. The summed E-state index contributed by atoms with van der Waals surface area (Å²) < 4.78 is 16.5. The zero-order chi connectivity index (χ0) is 30.9. The van der Waals surface area contributed by atoms with Crippen molar-refractivity contribution in [3.63, 3.8) is 0 Å². The van der Waals surface area contributed by atoms with Crippen LogP contribution in [-0.2, 0) is 19.0 Å². The maximum absolute atomic E-state index is 13.2. The number of fused-ring (bicyclic) bond motifs is 1. The summed E-state index contributed by atoms with van der Waals surface area (Å²) in [6, 6.07) is 37.9. The van der Waals surface area contributed by atoms with Crippen molar-refractivity contribution in [2.45, 2.75) is 13.0 Å². The van der Waals surface area contributed by atoms with Crippen molar-refractivity contribution in [3.8, 4) is 22.3 Å². The number of ether oxygens (including phenoxy) is 3. The first kappa shape index (κ1) is 29.8. The Balaban J connectivity index is 1.32. The molecule has 1 amide bonds. The lowest BCUT2D eigenvalue weighted by atomic mass is 9.97. The Labute approximate surface area is 255 Å². The van der Waals surface area contributed by atoms with Crippen LogP contribution in [0, 0.1) is 0 Å². The maximum atomic E-state index is 13.2. The lowest BCUT2D eigenvalue weighted by molar-refractivity contribution is -0.142. The molecule has 0 aliphatic rings. The minimum Gasteiger partial charge on any atom is -0.458 e. The number of anilines is 1. The minimum absolute atomic E-state index is 0.186. The average molecular weight is 586 g/mol. The van der Waals surface area contributed by atoms with E-state index >= 15 is 0 Å². The molecule has 1 unspecified atom stereocenters. The third-order valence-electron chi connectivity index (χ3n) is 6.90. The molecule has 5 aromatic carbocycles. The van der Waals surface area contributed by atoms with Crippen LogP contribution in [0.2, 0.25) is 0 Å². The Morgan fingerprint density at radius 2 is 1.30 bits per heavy atom. The van der Waals surface area contributed by atoms with E-state index in [1.54, 1.807) is 18.2 Å². The van der Waals surface area contributed by atoms with Gasteiger partial charge >= 0.3 is 18.0 Å². The van der Waals surface area contributed by atoms with Crippen molar-refractivity contribution in [1.29, 1.82) is 0 Å². The Kier molecular flexibility index (Phi) is 9.47. The van der Waals surface area contributed by atoms with Crippen molar-refractivity contribution >= 4 is 34.5 Å². The van der Waals surface area contributed by atoms with Gasteiger partial charge in [-0.3, -0.25) is 5.32 Å². The molecule has 1 atom stereocenters. The van der Waals surface area contributed by atoms with Crippen LogP contribution >= 0.6 is 0 Å². The van der Waals surface area contributed by atoms with Gasteiger partial charge in [0.15, 0.2) is 6.10 Å². The molecule has 0 aliphatic carbocycles. The first-order chi connectivity index (χ1) is 21.4. The normalized spacial score (nSPS) is 11.3. The van der Waals surface area contributed by atoms with Gasteiger partial charge in [0.05, 0.1) is 11.3 Å². The fourth-order valence-corrected chi connectivity index (χ4v) is 4.76. The van der Waals surface area contributed by atoms with Crippen LogP contribution in [0.25, 0.3) is 33.0 Å². The Bertz CT molecular complexity index is 1810. The first-order valence-electron chi connectivity index (χ1n) is 14.1. The highest BCUT2D eigenvalue weighted by atomic mass is 16.6. The zero-order valence-electron chi connectivity index (χ0n) is 24.2. The van der Waals surface area contributed by atoms with E-state index in [0.29, 0.717) is 16.8 Å². The highest BCUT2D eigenvalue weighted by Crippen LogP contribution is 2.33. The second kappa shape index (κ2) is 14.0. The molecule has 0 saturated heterocycles. The number of para-hydroxylation sites is 1. The Morgan fingerprint density at radius 1 is 0.682 bits per heavy atom. The molecule has 7 heteroatoms. The predicted molar refractivity (Wildman–Crippen MR) is 171 cm³/mol. The van der Waals surface area contributed by atoms with Gasteiger partial charge in [0, 0.05) is 11.1 Å². The van der Waals surface area contributed by atoms with Crippen molar-refractivity contribution in [3.05, 3.63) is 139 Å². The highest BCUT2D eigenvalue weighted by Gasteiger charge is 2.22. The third kappa shape index (κ3) is 7.20. The number of amides is 1. The third-order valence-corrected chi connectivity index (χ3v) is 6.90. The fraction of sp³-hybridized carbons (Fsp3) is 0.108. The van der Waals surface area contributed by atoms with E-state index in [0.717, 1.165) is 27.5 Å². The summed E-state index contributed by atoms with van der Waals surface area (Å²) in [5.41, 5.74) is 4.36. The van der Waals surface area contributed by atoms with Gasteiger partial charge in [-0.05, 0) is 46.5 Å². The van der Waals surface area contributed by atoms with Gasteiger partial charge < -0.3 is 14.2 Å². The largest absolute Gasteiger partial charge is 0.458 e. The summed E-state index contributed by atoms with van der Waals surface area (Å²) in [6.45, 7) is 4.41. The quantitative estimate of drug-likeness (QED) is 0.101. The van der Waals surface area contributed by atoms with Crippen LogP contribution in [0.1, 0.15) is 17.3 Å². The van der Waals surface area contributed by atoms with E-state index in [-0.39, 0.29) is 18.8 Å². The second-order valence-electron chi connectivity index (χ2n) is 10.1. The molecule has 7 nitrogen and oxygen atoms in total. The van der Waals surface area contributed by atoms with Crippen molar-refractivity contribution in [1.82, 2.24) is 0 Å². The molecule has 44 heavy (non-hydrogen) atoms. The van der Waals surface area contributed by atoms with E-state index in [4.69, 9.17) is 14.2 Å². The van der Waals surface area contributed by atoms with Crippen molar-refractivity contribution in [2.75, 3.05) is 18.5 Å². The molecule has 0 aromatic heterocycles. The van der Waals surface area contributed by atoms with Crippen LogP contribution in [0.4, 0.5) is 10.5 Å². The van der Waals surface area contributed by atoms with E-state index in [1.165, 1.54) is 6.92 Å². The SMILES string of the molecule is C=C(C)C(=O)OCC(COC(=O)c1ccccc1-c1ccccc1)OC(=O)Nc1ccccc1-c1cccc2ccccc12. The molecule has 1 N–H and O–H groups in total. The number of esters is 2. The molecule has 5 aromatic rings. The molecular formula is C37H31NO6. The highest BCUT2D eigenvalue weighted by molar-refractivity contribution is 6.02. The van der Waals surface area contributed by atoms with Gasteiger partial charge in [0.1, 0.15) is 13.2 Å². The molecular weight excluding hydrogens is 554 g/mol. The second-order valence-corrected chi connectivity index (χ2v) is 10.1. The predicted octanol–water partition coefficient (Wildman–Crippen LogP) is 8.07.